The van der Waals surface area contributed by atoms with Gasteiger partial charge in [0.15, 0.2) is 0 Å². The molecule has 1 aromatic heterocycles. The Morgan fingerprint density at radius 3 is 2.62 bits per heavy atom. The maximum absolute atomic E-state index is 11.8. The molecule has 4 rings (SSSR count). The molecule has 0 unspecified atom stereocenters. The SMILES string of the molecule is CCC(=C(c1ccc(OCCNCC=CC(=O)N(C)CCO)cc1)c1ccc2[nH]ncc2c1)c1ccccc1C. The zero-order valence-electron chi connectivity index (χ0n) is 23.5. The Balaban J connectivity index is 1.47. The van der Waals surface area contributed by atoms with Gasteiger partial charge >= 0.3 is 0 Å². The first-order valence-corrected chi connectivity index (χ1v) is 13.7. The van der Waals surface area contributed by atoms with Crippen molar-refractivity contribution in [3.8, 4) is 5.75 Å². The van der Waals surface area contributed by atoms with Crippen molar-refractivity contribution in [1.29, 1.82) is 0 Å². The van der Waals surface area contributed by atoms with E-state index >= 15 is 0 Å². The van der Waals surface area contributed by atoms with Gasteiger partial charge < -0.3 is 20.1 Å². The van der Waals surface area contributed by atoms with Crippen LogP contribution in [0.15, 0.2) is 85.1 Å². The molecule has 0 fully saturated rings. The van der Waals surface area contributed by atoms with Crippen LogP contribution in [-0.4, -0.2) is 66.0 Å². The molecule has 0 bridgehead atoms. The van der Waals surface area contributed by atoms with E-state index in [4.69, 9.17) is 9.84 Å². The Morgan fingerprint density at radius 2 is 1.88 bits per heavy atom. The summed E-state index contributed by atoms with van der Waals surface area (Å²) >= 11 is 0. The van der Waals surface area contributed by atoms with Crippen molar-refractivity contribution in [2.75, 3.05) is 39.9 Å². The molecule has 3 N–H and O–H groups in total. The third kappa shape index (κ3) is 7.25. The molecule has 4 aromatic rings. The van der Waals surface area contributed by atoms with Crippen LogP contribution < -0.4 is 10.1 Å². The van der Waals surface area contributed by atoms with Gasteiger partial charge in [0.25, 0.3) is 0 Å². The second-order valence-electron chi connectivity index (χ2n) is 9.66. The van der Waals surface area contributed by atoms with Crippen LogP contribution in [0, 0.1) is 6.92 Å². The number of aliphatic hydroxyl groups is 1. The number of ether oxygens (including phenoxy) is 1. The number of hydrogen-bond acceptors (Lipinski definition) is 5. The van der Waals surface area contributed by atoms with E-state index < -0.39 is 0 Å². The van der Waals surface area contributed by atoms with E-state index in [-0.39, 0.29) is 12.5 Å². The molecule has 1 heterocycles. The Bertz CT molecular complexity index is 1470. The van der Waals surface area contributed by atoms with Crippen LogP contribution in [0.25, 0.3) is 22.0 Å². The van der Waals surface area contributed by atoms with Crippen molar-refractivity contribution >= 4 is 28.0 Å². The number of benzene rings is 3. The number of aromatic amines is 1. The van der Waals surface area contributed by atoms with Crippen molar-refractivity contribution in [3.63, 3.8) is 0 Å². The molecule has 0 aliphatic rings. The minimum absolute atomic E-state index is 0.0439. The van der Waals surface area contributed by atoms with E-state index in [0.29, 0.717) is 26.2 Å². The molecule has 7 nitrogen and oxygen atoms in total. The highest BCUT2D eigenvalue weighted by Crippen LogP contribution is 2.37. The van der Waals surface area contributed by atoms with E-state index in [1.54, 1.807) is 13.1 Å². The molecule has 0 saturated carbocycles. The van der Waals surface area contributed by atoms with Gasteiger partial charge in [-0.2, -0.15) is 5.10 Å². The number of aliphatic hydroxyl groups excluding tert-OH is 1. The number of rotatable bonds is 13. The third-order valence-electron chi connectivity index (χ3n) is 6.88. The molecule has 0 aliphatic carbocycles. The van der Waals surface area contributed by atoms with Gasteiger partial charge in [-0.3, -0.25) is 9.89 Å². The van der Waals surface area contributed by atoms with Crippen LogP contribution in [0.2, 0.25) is 0 Å². The molecule has 0 atom stereocenters. The fourth-order valence-electron chi connectivity index (χ4n) is 4.72. The molecule has 40 heavy (non-hydrogen) atoms. The van der Waals surface area contributed by atoms with Gasteiger partial charge in [0, 0.05) is 38.1 Å². The standard InChI is InChI=1S/C33H38N4O3/c1-4-29(30-9-6-5-8-24(30)2)33(26-13-16-31-27(22-26)23-35-36-31)25-11-14-28(15-12-25)40-21-18-34-17-7-10-32(39)37(3)19-20-38/h5-16,22-23,34,38H,4,17-21H2,1-3H3,(H,35,36). The number of aromatic nitrogens is 2. The monoisotopic (exact) mass is 538 g/mol. The number of amides is 1. The summed E-state index contributed by atoms with van der Waals surface area (Å²) in [5.41, 5.74) is 8.33. The number of fused-ring (bicyclic) bond motifs is 1. The van der Waals surface area contributed by atoms with Crippen LogP contribution >= 0.6 is 0 Å². The lowest BCUT2D eigenvalue weighted by atomic mass is 9.86. The van der Waals surface area contributed by atoms with Gasteiger partial charge in [-0.1, -0.05) is 55.5 Å². The summed E-state index contributed by atoms with van der Waals surface area (Å²) in [5.74, 6) is 0.680. The minimum atomic E-state index is -0.126. The predicted molar refractivity (Wildman–Crippen MR) is 162 cm³/mol. The number of aryl methyl sites for hydroxylation is 1. The average molecular weight is 539 g/mol. The molecular formula is C33H38N4O3. The number of carbonyl (C=O) groups excluding carboxylic acids is 1. The van der Waals surface area contributed by atoms with Gasteiger partial charge in [-0.05, 0) is 71.0 Å². The molecule has 7 heteroatoms. The summed E-state index contributed by atoms with van der Waals surface area (Å²) in [5, 5.41) is 20.5. The van der Waals surface area contributed by atoms with E-state index in [1.807, 2.05) is 18.3 Å². The van der Waals surface area contributed by atoms with Crippen molar-refractivity contribution in [2.24, 2.45) is 0 Å². The van der Waals surface area contributed by atoms with Crippen LogP contribution in [0.3, 0.4) is 0 Å². The van der Waals surface area contributed by atoms with Crippen LogP contribution in [0.4, 0.5) is 0 Å². The summed E-state index contributed by atoms with van der Waals surface area (Å²) in [6, 6.07) is 23.3. The van der Waals surface area contributed by atoms with E-state index in [2.05, 4.69) is 84.0 Å². The number of likely N-dealkylation sites (N-methyl/N-ethyl adjacent to an activating group) is 1. The average Bonchev–Trinajstić information content (AvgIpc) is 3.44. The Morgan fingerprint density at radius 1 is 1.10 bits per heavy atom. The maximum atomic E-state index is 11.8. The van der Waals surface area contributed by atoms with E-state index in [9.17, 15) is 4.79 Å². The van der Waals surface area contributed by atoms with Crippen molar-refractivity contribution in [1.82, 2.24) is 20.4 Å². The fraction of sp³-hybridized carbons (Fsp3) is 0.273. The topological polar surface area (TPSA) is 90.5 Å². The molecule has 0 radical (unpaired) electrons. The largest absolute Gasteiger partial charge is 0.492 e. The lowest BCUT2D eigenvalue weighted by molar-refractivity contribution is -0.125. The molecular weight excluding hydrogens is 500 g/mol. The smallest absolute Gasteiger partial charge is 0.246 e. The number of nitrogens with one attached hydrogen (secondary N) is 2. The molecule has 0 spiro atoms. The third-order valence-corrected chi connectivity index (χ3v) is 6.88. The van der Waals surface area contributed by atoms with Gasteiger partial charge in [0.2, 0.25) is 5.91 Å². The number of H-pyrrole nitrogens is 1. The number of nitrogens with zero attached hydrogens (tertiary/aromatic N) is 2. The summed E-state index contributed by atoms with van der Waals surface area (Å²) in [6.07, 6.45) is 6.05. The molecule has 0 saturated heterocycles. The molecule has 0 aliphatic heterocycles. The predicted octanol–water partition coefficient (Wildman–Crippen LogP) is 5.22. The Hall–Kier alpha value is -4.20. The van der Waals surface area contributed by atoms with Crippen molar-refractivity contribution < 1.29 is 14.6 Å². The summed E-state index contributed by atoms with van der Waals surface area (Å²) in [6.45, 7) is 6.38. The van der Waals surface area contributed by atoms with Crippen LogP contribution in [0.1, 0.15) is 35.6 Å². The first-order valence-electron chi connectivity index (χ1n) is 13.7. The minimum Gasteiger partial charge on any atom is -0.492 e. The van der Waals surface area contributed by atoms with Crippen LogP contribution in [-0.2, 0) is 4.79 Å². The molecule has 1 amide bonds. The highest BCUT2D eigenvalue weighted by Gasteiger charge is 2.15. The number of carbonyl (C=O) groups is 1. The van der Waals surface area contributed by atoms with Crippen molar-refractivity contribution in [2.45, 2.75) is 20.3 Å². The van der Waals surface area contributed by atoms with Crippen LogP contribution in [0.5, 0.6) is 5.75 Å². The normalized spacial score (nSPS) is 12.1. The first kappa shape index (κ1) is 28.8. The molecule has 3 aromatic carbocycles. The van der Waals surface area contributed by atoms with Gasteiger partial charge in [0.1, 0.15) is 12.4 Å². The van der Waals surface area contributed by atoms with E-state index in [1.165, 1.54) is 33.2 Å². The highest BCUT2D eigenvalue weighted by atomic mass is 16.5. The zero-order chi connectivity index (χ0) is 28.3. The Labute approximate surface area is 236 Å². The summed E-state index contributed by atoms with van der Waals surface area (Å²) in [7, 11) is 1.66. The van der Waals surface area contributed by atoms with E-state index in [0.717, 1.165) is 34.2 Å². The second kappa shape index (κ2) is 14.3. The number of allylic oxidation sites excluding steroid dienone is 1. The first-order chi connectivity index (χ1) is 19.5. The summed E-state index contributed by atoms with van der Waals surface area (Å²) in [4.78, 5) is 13.3. The molecule has 208 valence electrons. The maximum Gasteiger partial charge on any atom is 0.246 e. The van der Waals surface area contributed by atoms with Crippen molar-refractivity contribution in [3.05, 3.63) is 107 Å². The lowest BCUT2D eigenvalue weighted by Crippen LogP contribution is -2.28. The lowest BCUT2D eigenvalue weighted by Gasteiger charge is -2.18. The van der Waals surface area contributed by atoms with Gasteiger partial charge in [0.05, 0.1) is 18.3 Å². The zero-order valence-corrected chi connectivity index (χ0v) is 23.5. The second-order valence-corrected chi connectivity index (χ2v) is 9.66. The fourth-order valence-corrected chi connectivity index (χ4v) is 4.72. The highest BCUT2D eigenvalue weighted by molar-refractivity contribution is 6.00. The summed E-state index contributed by atoms with van der Waals surface area (Å²) < 4.78 is 5.96. The number of hydrogen-bond donors (Lipinski definition) is 3. The van der Waals surface area contributed by atoms with Gasteiger partial charge in [-0.25, -0.2) is 0 Å². The quantitative estimate of drug-likeness (QED) is 0.123. The van der Waals surface area contributed by atoms with Gasteiger partial charge in [-0.15, -0.1) is 0 Å². The Kier molecular flexibility index (Phi) is 10.3.